The molecule has 0 aliphatic heterocycles. The molecule has 0 radical (unpaired) electrons. The molecule has 0 fully saturated rings. The van der Waals surface area contributed by atoms with Crippen LogP contribution < -0.4 is 10.0 Å². The van der Waals surface area contributed by atoms with Gasteiger partial charge in [-0.05, 0) is 97.4 Å². The minimum atomic E-state index is -1.16. The second-order valence-electron chi connectivity index (χ2n) is 7.41. The summed E-state index contributed by atoms with van der Waals surface area (Å²) in [6, 6.07) is 20.9. The normalized spacial score (nSPS) is 10.4. The highest BCUT2D eigenvalue weighted by Crippen LogP contribution is 2.28. The van der Waals surface area contributed by atoms with Crippen LogP contribution in [0.25, 0.3) is 11.1 Å². The van der Waals surface area contributed by atoms with Gasteiger partial charge >= 0.3 is 5.97 Å². The number of carboxylic acid groups (broad SMARTS) is 1. The maximum atomic E-state index is 12.4. The molecule has 0 atom stereocenters. The standard InChI is InChI=1S/C25H23ClN2O3S/c1-15(2)23(25(30)31)27-24(29)18-9-7-17(8-10-18)19-5-4-6-20(14-19)28-32-21-11-12-22(26)16(3)13-21/h4-14,28H,1-3H3,(H,27,29)(H,30,31). The van der Waals surface area contributed by atoms with Crippen LogP contribution in [0.3, 0.4) is 0 Å². The van der Waals surface area contributed by atoms with Gasteiger partial charge in [0.2, 0.25) is 0 Å². The number of benzene rings is 3. The first kappa shape index (κ1) is 23.4. The lowest BCUT2D eigenvalue weighted by Crippen LogP contribution is -2.28. The zero-order chi connectivity index (χ0) is 23.3. The molecule has 3 aromatic rings. The number of carboxylic acids is 1. The van der Waals surface area contributed by atoms with Crippen LogP contribution >= 0.6 is 23.5 Å². The molecule has 0 bridgehead atoms. The summed E-state index contributed by atoms with van der Waals surface area (Å²) in [5.74, 6) is -1.62. The summed E-state index contributed by atoms with van der Waals surface area (Å²) in [7, 11) is 0. The average Bonchev–Trinajstić information content (AvgIpc) is 2.78. The van der Waals surface area contributed by atoms with Crippen LogP contribution in [0.1, 0.15) is 29.8 Å². The highest BCUT2D eigenvalue weighted by molar-refractivity contribution is 8.00. The largest absolute Gasteiger partial charge is 0.477 e. The van der Waals surface area contributed by atoms with Crippen LogP contribution in [0.2, 0.25) is 5.02 Å². The van der Waals surface area contributed by atoms with Crippen molar-refractivity contribution in [2.24, 2.45) is 0 Å². The fraction of sp³-hybridized carbons (Fsp3) is 0.120. The van der Waals surface area contributed by atoms with Crippen LogP contribution in [-0.4, -0.2) is 17.0 Å². The summed E-state index contributed by atoms with van der Waals surface area (Å²) in [6.07, 6.45) is 0. The first-order valence-electron chi connectivity index (χ1n) is 9.86. The first-order chi connectivity index (χ1) is 15.2. The van der Waals surface area contributed by atoms with Crippen LogP contribution in [0.4, 0.5) is 5.69 Å². The van der Waals surface area contributed by atoms with Crippen LogP contribution in [0.15, 0.2) is 82.9 Å². The summed E-state index contributed by atoms with van der Waals surface area (Å²) in [5.41, 5.74) is 4.71. The van der Waals surface area contributed by atoms with Crippen LogP contribution in [-0.2, 0) is 4.79 Å². The molecule has 0 aliphatic rings. The fourth-order valence-corrected chi connectivity index (χ4v) is 3.80. The van der Waals surface area contributed by atoms with Crippen molar-refractivity contribution in [1.82, 2.24) is 5.32 Å². The van der Waals surface area contributed by atoms with Crippen molar-refractivity contribution in [3.8, 4) is 11.1 Å². The molecule has 0 unspecified atom stereocenters. The Hall–Kier alpha value is -3.22. The Labute approximate surface area is 196 Å². The predicted molar refractivity (Wildman–Crippen MR) is 131 cm³/mol. The number of anilines is 1. The van der Waals surface area contributed by atoms with Gasteiger partial charge in [0, 0.05) is 21.2 Å². The second-order valence-corrected chi connectivity index (χ2v) is 8.69. The lowest BCUT2D eigenvalue weighted by atomic mass is 10.0. The predicted octanol–water partition coefficient (Wildman–Crippen LogP) is 6.54. The molecule has 3 N–H and O–H groups in total. The Morgan fingerprint density at radius 2 is 1.66 bits per heavy atom. The van der Waals surface area contributed by atoms with E-state index in [9.17, 15) is 14.7 Å². The van der Waals surface area contributed by atoms with Crippen molar-refractivity contribution in [2.45, 2.75) is 25.7 Å². The van der Waals surface area contributed by atoms with E-state index < -0.39 is 11.9 Å². The Bertz CT molecular complexity index is 1190. The monoisotopic (exact) mass is 466 g/mol. The van der Waals surface area contributed by atoms with E-state index in [2.05, 4.69) is 10.0 Å². The van der Waals surface area contributed by atoms with E-state index in [-0.39, 0.29) is 5.70 Å². The molecule has 0 spiro atoms. The van der Waals surface area contributed by atoms with Gasteiger partial charge in [0.25, 0.3) is 5.91 Å². The van der Waals surface area contributed by atoms with Gasteiger partial charge < -0.3 is 15.1 Å². The van der Waals surface area contributed by atoms with Crippen molar-refractivity contribution in [3.05, 3.63) is 94.1 Å². The van der Waals surface area contributed by atoms with Crippen molar-refractivity contribution in [1.29, 1.82) is 0 Å². The molecule has 3 aromatic carbocycles. The second kappa shape index (κ2) is 10.4. The Morgan fingerprint density at radius 1 is 0.938 bits per heavy atom. The van der Waals surface area contributed by atoms with E-state index in [1.807, 2.05) is 61.5 Å². The van der Waals surface area contributed by atoms with Gasteiger partial charge in [0.15, 0.2) is 0 Å². The molecule has 0 saturated carbocycles. The molecule has 1 amide bonds. The average molecular weight is 467 g/mol. The fourth-order valence-electron chi connectivity index (χ4n) is 2.95. The van der Waals surface area contributed by atoms with E-state index in [0.717, 1.165) is 32.3 Å². The van der Waals surface area contributed by atoms with Crippen molar-refractivity contribution < 1.29 is 14.7 Å². The number of amides is 1. The molecule has 164 valence electrons. The molecular weight excluding hydrogens is 444 g/mol. The Morgan fingerprint density at radius 3 is 2.28 bits per heavy atom. The minimum Gasteiger partial charge on any atom is -0.477 e. The first-order valence-corrected chi connectivity index (χ1v) is 11.1. The summed E-state index contributed by atoms with van der Waals surface area (Å²) in [6.45, 7) is 5.25. The number of halogens is 1. The maximum Gasteiger partial charge on any atom is 0.352 e. The number of aryl methyl sites for hydroxylation is 1. The third kappa shape index (κ3) is 5.93. The smallest absolute Gasteiger partial charge is 0.352 e. The molecule has 5 nitrogen and oxygen atoms in total. The molecule has 0 aliphatic carbocycles. The number of carbonyl (C=O) groups excluding carboxylic acids is 1. The molecule has 32 heavy (non-hydrogen) atoms. The number of carbonyl (C=O) groups is 2. The van der Waals surface area contributed by atoms with Gasteiger partial charge in [-0.25, -0.2) is 4.79 Å². The van der Waals surface area contributed by atoms with Crippen LogP contribution in [0, 0.1) is 6.92 Å². The third-order valence-electron chi connectivity index (χ3n) is 4.71. The molecule has 3 rings (SSSR count). The third-order valence-corrected chi connectivity index (χ3v) is 5.96. The topological polar surface area (TPSA) is 78.4 Å². The SMILES string of the molecule is CC(C)=C(NC(=O)c1ccc(-c2cccc(NSc3ccc(Cl)c(C)c3)c2)cc1)C(=O)O. The number of aliphatic carboxylic acids is 1. The number of nitrogens with one attached hydrogen (secondary N) is 2. The molecule has 0 heterocycles. The van der Waals surface area contributed by atoms with Gasteiger partial charge in [-0.15, -0.1) is 0 Å². The maximum absolute atomic E-state index is 12.4. The number of hydrogen-bond acceptors (Lipinski definition) is 4. The zero-order valence-corrected chi connectivity index (χ0v) is 19.5. The molecule has 7 heteroatoms. The Kier molecular flexibility index (Phi) is 7.62. The van der Waals surface area contributed by atoms with Gasteiger partial charge in [0.05, 0.1) is 0 Å². The minimum absolute atomic E-state index is 0.105. The van der Waals surface area contributed by atoms with Crippen molar-refractivity contribution >= 4 is 41.1 Å². The highest BCUT2D eigenvalue weighted by Gasteiger charge is 2.14. The van der Waals surface area contributed by atoms with E-state index in [1.54, 1.807) is 26.0 Å². The summed E-state index contributed by atoms with van der Waals surface area (Å²) < 4.78 is 3.34. The summed E-state index contributed by atoms with van der Waals surface area (Å²) in [4.78, 5) is 24.7. The Balaban J connectivity index is 1.71. The summed E-state index contributed by atoms with van der Waals surface area (Å²) in [5, 5.41) is 12.4. The van der Waals surface area contributed by atoms with Gasteiger partial charge in [0.1, 0.15) is 5.70 Å². The quantitative estimate of drug-likeness (QED) is 0.272. The lowest BCUT2D eigenvalue weighted by Gasteiger charge is -2.10. The number of hydrogen-bond donors (Lipinski definition) is 3. The van der Waals surface area contributed by atoms with Crippen molar-refractivity contribution in [3.63, 3.8) is 0 Å². The zero-order valence-electron chi connectivity index (χ0n) is 17.9. The van der Waals surface area contributed by atoms with Gasteiger partial charge in [-0.2, -0.15) is 0 Å². The molecular formula is C25H23ClN2O3S. The van der Waals surface area contributed by atoms with E-state index in [4.69, 9.17) is 11.6 Å². The number of allylic oxidation sites excluding steroid dienone is 1. The van der Waals surface area contributed by atoms with Gasteiger partial charge in [-0.3, -0.25) is 4.79 Å². The highest BCUT2D eigenvalue weighted by atomic mass is 35.5. The lowest BCUT2D eigenvalue weighted by molar-refractivity contribution is -0.133. The van der Waals surface area contributed by atoms with Crippen molar-refractivity contribution in [2.75, 3.05) is 4.72 Å². The molecule has 0 aromatic heterocycles. The van der Waals surface area contributed by atoms with E-state index >= 15 is 0 Å². The molecule has 0 saturated heterocycles. The van der Waals surface area contributed by atoms with E-state index in [0.29, 0.717) is 11.1 Å². The van der Waals surface area contributed by atoms with Gasteiger partial charge in [-0.1, -0.05) is 35.9 Å². The summed E-state index contributed by atoms with van der Waals surface area (Å²) >= 11 is 7.59. The van der Waals surface area contributed by atoms with E-state index in [1.165, 1.54) is 11.9 Å². The number of rotatable bonds is 7. The van der Waals surface area contributed by atoms with Crippen LogP contribution in [0.5, 0.6) is 0 Å².